The molecule has 1 saturated heterocycles. The largest absolute Gasteiger partial charge is 0.321 e. The number of nitrogens with one attached hydrogen (secondary N) is 1. The number of nitrogens with zero attached hydrogens (tertiary/aromatic N) is 2. The van der Waals surface area contributed by atoms with E-state index in [1.165, 1.54) is 27.8 Å². The lowest BCUT2D eigenvalue weighted by atomic mass is 10.0. The highest BCUT2D eigenvalue weighted by Gasteiger charge is 2.40. The molecule has 1 unspecified atom stereocenters. The minimum absolute atomic E-state index is 0.0737. The second-order valence-corrected chi connectivity index (χ2v) is 11.0. The van der Waals surface area contributed by atoms with Crippen LogP contribution in [0.15, 0.2) is 77.3 Å². The van der Waals surface area contributed by atoms with Crippen LogP contribution >= 0.6 is 11.8 Å². The average molecular weight is 510 g/mol. The first kappa shape index (κ1) is 26.2. The fourth-order valence-electron chi connectivity index (χ4n) is 4.29. The number of carbonyl (C=O) groups excluding carboxylic acids is 2. The minimum atomic E-state index is -0.529. The Morgan fingerprint density at radius 3 is 2.38 bits per heavy atom. The van der Waals surface area contributed by atoms with Crippen molar-refractivity contribution < 1.29 is 9.59 Å². The quantitative estimate of drug-likeness (QED) is 0.293. The van der Waals surface area contributed by atoms with Gasteiger partial charge >= 0.3 is 0 Å². The van der Waals surface area contributed by atoms with Crippen molar-refractivity contribution in [2.24, 2.45) is 0 Å². The lowest BCUT2D eigenvalue weighted by molar-refractivity contribution is -0.117. The van der Waals surface area contributed by atoms with Gasteiger partial charge in [-0.2, -0.15) is 5.26 Å². The van der Waals surface area contributed by atoms with E-state index in [1.807, 2.05) is 55.5 Å². The van der Waals surface area contributed by atoms with Gasteiger partial charge in [-0.25, -0.2) is 0 Å². The maximum atomic E-state index is 13.8. The highest BCUT2D eigenvalue weighted by molar-refractivity contribution is 8.05. The van der Waals surface area contributed by atoms with Crippen LogP contribution in [0.5, 0.6) is 0 Å². The van der Waals surface area contributed by atoms with Crippen molar-refractivity contribution in [3.63, 3.8) is 0 Å². The van der Waals surface area contributed by atoms with Gasteiger partial charge in [0.1, 0.15) is 16.7 Å². The molecule has 1 aliphatic heterocycles. The van der Waals surface area contributed by atoms with E-state index in [-0.39, 0.29) is 11.5 Å². The van der Waals surface area contributed by atoms with E-state index in [1.54, 1.807) is 6.07 Å². The average Bonchev–Trinajstić information content (AvgIpc) is 3.17. The molecule has 0 aliphatic carbocycles. The molecule has 3 aromatic rings. The summed E-state index contributed by atoms with van der Waals surface area (Å²) in [7, 11) is 0. The summed E-state index contributed by atoms with van der Waals surface area (Å²) in [5, 5.41) is 12.8. The third-order valence-electron chi connectivity index (χ3n) is 6.59. The van der Waals surface area contributed by atoms with E-state index < -0.39 is 11.2 Å². The van der Waals surface area contributed by atoms with Gasteiger partial charge in [-0.1, -0.05) is 68.1 Å². The molecular formula is C31H31N3O2S. The summed E-state index contributed by atoms with van der Waals surface area (Å²) in [6.45, 7) is 10.3. The minimum Gasteiger partial charge on any atom is -0.321 e. The molecule has 1 aliphatic rings. The van der Waals surface area contributed by atoms with Crippen LogP contribution in [0.2, 0.25) is 0 Å². The number of amides is 2. The molecule has 2 amide bonds. The van der Waals surface area contributed by atoms with Crippen LogP contribution < -0.4 is 10.2 Å². The lowest BCUT2D eigenvalue weighted by Gasteiger charge is -2.19. The highest BCUT2D eigenvalue weighted by Crippen LogP contribution is 2.42. The van der Waals surface area contributed by atoms with Crippen molar-refractivity contribution in [1.82, 2.24) is 0 Å². The molecule has 1 atom stereocenters. The number of hydrogen-bond acceptors (Lipinski definition) is 4. The summed E-state index contributed by atoms with van der Waals surface area (Å²) in [6.07, 6.45) is 0.507. The molecule has 3 aromatic carbocycles. The number of carbonyl (C=O) groups is 2. The monoisotopic (exact) mass is 509 g/mol. The van der Waals surface area contributed by atoms with Gasteiger partial charge in [-0.15, -0.1) is 0 Å². The van der Waals surface area contributed by atoms with E-state index in [4.69, 9.17) is 0 Å². The third kappa shape index (κ3) is 5.79. The third-order valence-corrected chi connectivity index (χ3v) is 7.85. The van der Waals surface area contributed by atoms with Crippen molar-refractivity contribution in [1.29, 1.82) is 5.26 Å². The van der Waals surface area contributed by atoms with Crippen LogP contribution in [0.1, 0.15) is 47.6 Å². The second-order valence-electron chi connectivity index (χ2n) is 9.76. The Hall–Kier alpha value is -3.82. The molecular weight excluding hydrogens is 478 g/mol. The van der Waals surface area contributed by atoms with Crippen LogP contribution in [-0.4, -0.2) is 17.1 Å². The highest BCUT2D eigenvalue weighted by atomic mass is 32.2. The number of hydrogen-bond donors (Lipinski definition) is 1. The molecule has 0 bridgehead atoms. The van der Waals surface area contributed by atoms with E-state index >= 15 is 0 Å². The van der Waals surface area contributed by atoms with Gasteiger partial charge in [0.25, 0.3) is 5.91 Å². The fraction of sp³-hybridized carbons (Fsp3) is 0.258. The zero-order valence-corrected chi connectivity index (χ0v) is 22.6. The van der Waals surface area contributed by atoms with Crippen LogP contribution in [0.25, 0.3) is 0 Å². The Kier molecular flexibility index (Phi) is 7.85. The summed E-state index contributed by atoms with van der Waals surface area (Å²) >= 11 is 1.28. The molecule has 188 valence electrons. The fourth-order valence-corrected chi connectivity index (χ4v) is 5.60. The number of anilines is 2. The molecule has 5 nitrogen and oxygen atoms in total. The first-order valence-electron chi connectivity index (χ1n) is 12.4. The lowest BCUT2D eigenvalue weighted by Crippen LogP contribution is -2.31. The van der Waals surface area contributed by atoms with Gasteiger partial charge < -0.3 is 5.32 Å². The summed E-state index contributed by atoms with van der Waals surface area (Å²) < 4.78 is 0. The molecule has 0 spiro atoms. The van der Waals surface area contributed by atoms with Crippen molar-refractivity contribution in [2.75, 3.05) is 10.2 Å². The molecule has 1 fully saturated rings. The first-order chi connectivity index (χ1) is 17.7. The van der Waals surface area contributed by atoms with Crippen LogP contribution in [0, 0.1) is 32.1 Å². The normalized spacial score (nSPS) is 16.6. The van der Waals surface area contributed by atoms with Crippen molar-refractivity contribution in [3.05, 3.63) is 105 Å². The SMILES string of the molecule is Cc1cccc(NC(=O)/C(C#N)=C2\SC(Cc3ccc(C)c(C)c3)C(=O)N2c2ccc(C(C)C)cc2)c1. The standard InChI is InChI=1S/C31H31N3O2S/c1-19(2)24-11-13-26(14-12-24)34-30(36)28(17-23-10-9-21(4)22(5)16-23)37-31(34)27(18-32)29(35)33-25-8-6-7-20(3)15-25/h6-16,19,28H,17H2,1-5H3,(H,33,35)/b31-27-. The first-order valence-corrected chi connectivity index (χ1v) is 13.2. The van der Waals surface area contributed by atoms with E-state index in [9.17, 15) is 14.9 Å². The number of nitriles is 1. The molecule has 0 aromatic heterocycles. The van der Waals surface area contributed by atoms with Crippen LogP contribution in [-0.2, 0) is 16.0 Å². The van der Waals surface area contributed by atoms with Crippen LogP contribution in [0.3, 0.4) is 0 Å². The van der Waals surface area contributed by atoms with Crippen molar-refractivity contribution in [2.45, 2.75) is 52.2 Å². The zero-order valence-electron chi connectivity index (χ0n) is 21.8. The number of rotatable bonds is 6. The van der Waals surface area contributed by atoms with Gasteiger partial charge in [0.2, 0.25) is 5.91 Å². The van der Waals surface area contributed by atoms with Gasteiger partial charge in [0.05, 0.1) is 5.25 Å². The van der Waals surface area contributed by atoms with E-state index in [2.05, 4.69) is 51.2 Å². The predicted molar refractivity (Wildman–Crippen MR) is 151 cm³/mol. The Morgan fingerprint density at radius 2 is 1.76 bits per heavy atom. The predicted octanol–water partition coefficient (Wildman–Crippen LogP) is 6.80. The molecule has 0 radical (unpaired) electrons. The molecule has 6 heteroatoms. The Labute approximate surface area is 223 Å². The summed E-state index contributed by atoms with van der Waals surface area (Å²) in [5.74, 6) is -0.314. The van der Waals surface area contributed by atoms with Crippen molar-refractivity contribution in [3.8, 4) is 6.07 Å². The Bertz CT molecular complexity index is 1420. The summed E-state index contributed by atoms with van der Waals surface area (Å²) in [6, 6.07) is 23.4. The van der Waals surface area contributed by atoms with E-state index in [0.29, 0.717) is 28.7 Å². The number of benzene rings is 3. The Morgan fingerprint density at radius 1 is 1.03 bits per heavy atom. The smallest absolute Gasteiger partial charge is 0.269 e. The second kappa shape index (κ2) is 11.1. The summed E-state index contributed by atoms with van der Waals surface area (Å²) in [5.41, 5.74) is 6.74. The molecule has 1 N–H and O–H groups in total. The molecule has 37 heavy (non-hydrogen) atoms. The molecule has 0 saturated carbocycles. The maximum absolute atomic E-state index is 13.8. The summed E-state index contributed by atoms with van der Waals surface area (Å²) in [4.78, 5) is 28.6. The topological polar surface area (TPSA) is 73.2 Å². The zero-order chi connectivity index (χ0) is 26.7. The number of aryl methyl sites for hydroxylation is 3. The van der Waals surface area contributed by atoms with E-state index in [0.717, 1.165) is 16.7 Å². The van der Waals surface area contributed by atoms with Gasteiger partial charge in [-0.3, -0.25) is 14.5 Å². The van der Waals surface area contributed by atoms with Gasteiger partial charge in [0.15, 0.2) is 0 Å². The van der Waals surface area contributed by atoms with Gasteiger partial charge in [-0.05, 0) is 85.2 Å². The number of thioether (sulfide) groups is 1. The maximum Gasteiger partial charge on any atom is 0.269 e. The Balaban J connectivity index is 1.73. The van der Waals surface area contributed by atoms with Crippen LogP contribution in [0.4, 0.5) is 11.4 Å². The van der Waals surface area contributed by atoms with Crippen molar-refractivity contribution >= 4 is 35.0 Å². The molecule has 4 rings (SSSR count). The molecule has 1 heterocycles. The van der Waals surface area contributed by atoms with Gasteiger partial charge in [0, 0.05) is 11.4 Å².